The maximum absolute atomic E-state index is 14.1. The van der Waals surface area contributed by atoms with Crippen molar-refractivity contribution < 1.29 is 23.8 Å². The number of amides is 1. The maximum Gasteiger partial charge on any atom is 0.223 e. The van der Waals surface area contributed by atoms with Gasteiger partial charge in [-0.1, -0.05) is 18.2 Å². The lowest BCUT2D eigenvalue weighted by Gasteiger charge is -2.30. The second kappa shape index (κ2) is 9.47. The number of aliphatic hydroxyl groups is 1. The predicted molar refractivity (Wildman–Crippen MR) is 111 cm³/mol. The van der Waals surface area contributed by atoms with Crippen molar-refractivity contribution in [1.29, 1.82) is 0 Å². The van der Waals surface area contributed by atoms with E-state index >= 15 is 0 Å². The highest BCUT2D eigenvalue weighted by atomic mass is 19.1. The molecular weight excluding hydrogens is 385 g/mol. The summed E-state index contributed by atoms with van der Waals surface area (Å²) >= 11 is 0. The van der Waals surface area contributed by atoms with Crippen molar-refractivity contribution >= 4 is 5.91 Å². The van der Waals surface area contributed by atoms with Crippen molar-refractivity contribution in [3.05, 3.63) is 59.4 Å². The van der Waals surface area contributed by atoms with E-state index in [9.17, 15) is 9.18 Å². The first-order valence-corrected chi connectivity index (χ1v) is 10.7. The molecule has 2 aromatic carbocycles. The summed E-state index contributed by atoms with van der Waals surface area (Å²) in [6.45, 7) is 0.275. The standard InChI is InChI=1S/C24H28FNO4/c25-21-4-2-1-3-20(21)23-11-7-17-15-19(10-12-22(17)30-23)29-18-8-5-16(6-9-18)24(28)26-13-14-27/h1-4,10,12,15-16,18,23,27H,5-9,11,13-14H2,(H,26,28). The molecule has 1 amide bonds. The first-order valence-electron chi connectivity index (χ1n) is 10.7. The number of ether oxygens (including phenoxy) is 2. The molecule has 0 saturated heterocycles. The maximum atomic E-state index is 14.1. The first-order chi connectivity index (χ1) is 14.6. The largest absolute Gasteiger partial charge is 0.490 e. The molecule has 1 heterocycles. The molecule has 0 bridgehead atoms. The Morgan fingerprint density at radius 3 is 2.70 bits per heavy atom. The Bertz CT molecular complexity index is 879. The minimum Gasteiger partial charge on any atom is -0.490 e. The summed E-state index contributed by atoms with van der Waals surface area (Å²) in [6.07, 6.45) is 4.62. The molecule has 1 aliphatic carbocycles. The number of hydrogen-bond acceptors (Lipinski definition) is 4. The van der Waals surface area contributed by atoms with Crippen LogP contribution < -0.4 is 14.8 Å². The lowest BCUT2D eigenvalue weighted by Crippen LogP contribution is -2.36. The molecule has 6 heteroatoms. The Balaban J connectivity index is 1.33. The van der Waals surface area contributed by atoms with Crippen LogP contribution in [0.25, 0.3) is 0 Å². The number of carbonyl (C=O) groups is 1. The summed E-state index contributed by atoms with van der Waals surface area (Å²) in [6, 6.07) is 12.6. The van der Waals surface area contributed by atoms with Crippen molar-refractivity contribution in [2.45, 2.75) is 50.7 Å². The monoisotopic (exact) mass is 413 g/mol. The average Bonchev–Trinajstić information content (AvgIpc) is 2.78. The van der Waals surface area contributed by atoms with Crippen molar-refractivity contribution in [3.8, 4) is 11.5 Å². The van der Waals surface area contributed by atoms with E-state index in [1.165, 1.54) is 6.07 Å². The van der Waals surface area contributed by atoms with Gasteiger partial charge >= 0.3 is 0 Å². The van der Waals surface area contributed by atoms with Crippen molar-refractivity contribution in [2.75, 3.05) is 13.2 Å². The number of aryl methyl sites for hydroxylation is 1. The molecule has 2 N–H and O–H groups in total. The van der Waals surface area contributed by atoms with Gasteiger partial charge in [0.2, 0.25) is 5.91 Å². The number of benzene rings is 2. The quantitative estimate of drug-likeness (QED) is 0.753. The summed E-state index contributed by atoms with van der Waals surface area (Å²) in [4.78, 5) is 12.0. The molecule has 5 nitrogen and oxygen atoms in total. The van der Waals surface area contributed by atoms with Crippen LogP contribution in [0.3, 0.4) is 0 Å². The van der Waals surface area contributed by atoms with E-state index in [-0.39, 0.29) is 36.5 Å². The Hall–Kier alpha value is -2.60. The molecule has 1 unspecified atom stereocenters. The fourth-order valence-electron chi connectivity index (χ4n) is 4.35. The van der Waals surface area contributed by atoms with Crippen LogP contribution in [0.2, 0.25) is 0 Å². The summed E-state index contributed by atoms with van der Waals surface area (Å²) < 4.78 is 26.3. The Labute approximate surface area is 176 Å². The van der Waals surface area contributed by atoms with E-state index in [1.807, 2.05) is 24.3 Å². The van der Waals surface area contributed by atoms with Gasteiger partial charge < -0.3 is 19.9 Å². The lowest BCUT2D eigenvalue weighted by atomic mass is 9.86. The first kappa shape index (κ1) is 20.7. The minimum absolute atomic E-state index is 0.00338. The van der Waals surface area contributed by atoms with Gasteiger partial charge in [0.05, 0.1) is 12.7 Å². The van der Waals surface area contributed by atoms with Gasteiger partial charge in [-0.2, -0.15) is 0 Å². The summed E-state index contributed by atoms with van der Waals surface area (Å²) in [5.74, 6) is 1.40. The molecule has 0 radical (unpaired) electrons. The zero-order valence-electron chi connectivity index (χ0n) is 17.0. The number of halogens is 1. The van der Waals surface area contributed by atoms with Crippen LogP contribution in [0.4, 0.5) is 4.39 Å². The average molecular weight is 413 g/mol. The number of aliphatic hydroxyl groups excluding tert-OH is 1. The van der Waals surface area contributed by atoms with Crippen molar-refractivity contribution in [2.24, 2.45) is 5.92 Å². The van der Waals surface area contributed by atoms with E-state index < -0.39 is 0 Å². The van der Waals surface area contributed by atoms with Gasteiger partial charge in [-0.05, 0) is 68.4 Å². The SMILES string of the molecule is O=C(NCCO)C1CCC(Oc2ccc3c(c2)CCC(c2ccccc2F)O3)CC1. The highest BCUT2D eigenvalue weighted by molar-refractivity contribution is 5.78. The predicted octanol–water partition coefficient (Wildman–Crippen LogP) is 3.94. The zero-order valence-corrected chi connectivity index (χ0v) is 17.0. The van der Waals surface area contributed by atoms with Crippen LogP contribution in [-0.4, -0.2) is 30.3 Å². The Morgan fingerprint density at radius 1 is 1.13 bits per heavy atom. The molecule has 1 saturated carbocycles. The van der Waals surface area contributed by atoms with Crippen LogP contribution in [0.1, 0.15) is 49.3 Å². The third-order valence-corrected chi connectivity index (χ3v) is 5.99. The fourth-order valence-corrected chi connectivity index (χ4v) is 4.35. The number of hydrogen-bond donors (Lipinski definition) is 2. The van der Waals surface area contributed by atoms with E-state index in [1.54, 1.807) is 12.1 Å². The van der Waals surface area contributed by atoms with Gasteiger partial charge in [-0.25, -0.2) is 4.39 Å². The van der Waals surface area contributed by atoms with Crippen molar-refractivity contribution in [1.82, 2.24) is 5.32 Å². The van der Waals surface area contributed by atoms with Crippen LogP contribution >= 0.6 is 0 Å². The smallest absolute Gasteiger partial charge is 0.223 e. The molecule has 2 aliphatic rings. The van der Waals surface area contributed by atoms with Crippen LogP contribution in [0.5, 0.6) is 11.5 Å². The highest BCUT2D eigenvalue weighted by Crippen LogP contribution is 2.38. The number of fused-ring (bicyclic) bond motifs is 1. The molecule has 1 aliphatic heterocycles. The Morgan fingerprint density at radius 2 is 1.93 bits per heavy atom. The summed E-state index contributed by atoms with van der Waals surface area (Å²) in [5, 5.41) is 11.6. The van der Waals surface area contributed by atoms with Gasteiger partial charge in [-0.3, -0.25) is 4.79 Å². The molecule has 30 heavy (non-hydrogen) atoms. The number of carbonyl (C=O) groups excluding carboxylic acids is 1. The van der Waals surface area contributed by atoms with E-state index in [0.717, 1.165) is 55.6 Å². The van der Waals surface area contributed by atoms with Crippen LogP contribution in [-0.2, 0) is 11.2 Å². The topological polar surface area (TPSA) is 67.8 Å². The number of rotatable bonds is 6. The zero-order chi connectivity index (χ0) is 20.9. The number of nitrogens with one attached hydrogen (secondary N) is 1. The third-order valence-electron chi connectivity index (χ3n) is 5.99. The minimum atomic E-state index is -0.266. The Kier molecular flexibility index (Phi) is 6.53. The molecule has 4 rings (SSSR count). The highest BCUT2D eigenvalue weighted by Gasteiger charge is 2.28. The van der Waals surface area contributed by atoms with Crippen LogP contribution in [0, 0.1) is 11.7 Å². The van der Waals surface area contributed by atoms with Crippen molar-refractivity contribution in [3.63, 3.8) is 0 Å². The molecule has 0 spiro atoms. The molecular formula is C24H28FNO4. The molecule has 1 fully saturated rings. The molecule has 0 aromatic heterocycles. The second-order valence-corrected chi connectivity index (χ2v) is 8.04. The third kappa shape index (κ3) is 4.75. The normalized spacial score (nSPS) is 23.2. The van der Waals surface area contributed by atoms with Gasteiger partial charge in [-0.15, -0.1) is 0 Å². The lowest BCUT2D eigenvalue weighted by molar-refractivity contribution is -0.126. The molecule has 160 valence electrons. The summed E-state index contributed by atoms with van der Waals surface area (Å²) in [7, 11) is 0. The van der Waals surface area contributed by atoms with Gasteiger partial charge in [0.1, 0.15) is 23.4 Å². The fraction of sp³-hybridized carbons (Fsp3) is 0.458. The molecule has 2 aromatic rings. The van der Waals surface area contributed by atoms with E-state index in [0.29, 0.717) is 12.1 Å². The van der Waals surface area contributed by atoms with E-state index in [4.69, 9.17) is 14.6 Å². The van der Waals surface area contributed by atoms with Gasteiger partial charge in [0.15, 0.2) is 0 Å². The van der Waals surface area contributed by atoms with Crippen LogP contribution in [0.15, 0.2) is 42.5 Å². The summed E-state index contributed by atoms with van der Waals surface area (Å²) in [5.41, 5.74) is 1.68. The molecule has 1 atom stereocenters. The van der Waals surface area contributed by atoms with Gasteiger partial charge in [0.25, 0.3) is 0 Å². The second-order valence-electron chi connectivity index (χ2n) is 8.04. The van der Waals surface area contributed by atoms with E-state index in [2.05, 4.69) is 5.32 Å². The van der Waals surface area contributed by atoms with Gasteiger partial charge in [0, 0.05) is 18.0 Å².